The van der Waals surface area contributed by atoms with Gasteiger partial charge in [0, 0.05) is 5.69 Å². The van der Waals surface area contributed by atoms with E-state index >= 15 is 0 Å². The second kappa shape index (κ2) is 4.76. The van der Waals surface area contributed by atoms with Crippen molar-refractivity contribution >= 4 is 39.7 Å². The maximum absolute atomic E-state index is 6.05. The molecular formula is C16H11Cl2N. The number of anilines is 1. The minimum absolute atomic E-state index is 0.566. The largest absolute Gasteiger partial charge is 0.399 e. The minimum atomic E-state index is 0.566. The van der Waals surface area contributed by atoms with E-state index in [0.29, 0.717) is 10.0 Å². The topological polar surface area (TPSA) is 26.0 Å². The van der Waals surface area contributed by atoms with Crippen molar-refractivity contribution in [3.05, 3.63) is 64.6 Å². The van der Waals surface area contributed by atoms with Gasteiger partial charge in [0.25, 0.3) is 0 Å². The van der Waals surface area contributed by atoms with E-state index in [2.05, 4.69) is 18.2 Å². The van der Waals surface area contributed by atoms with Gasteiger partial charge in [-0.1, -0.05) is 47.5 Å². The van der Waals surface area contributed by atoms with E-state index in [-0.39, 0.29) is 0 Å². The number of hydrogen-bond acceptors (Lipinski definition) is 1. The highest BCUT2D eigenvalue weighted by molar-refractivity contribution is 6.42. The van der Waals surface area contributed by atoms with Crippen LogP contribution in [0.15, 0.2) is 54.6 Å². The standard InChI is InChI=1S/C16H11Cl2N/c17-15-6-4-13(9-16(15)18)10-1-2-12-8-14(19)5-3-11(12)7-10/h1-9H,19H2. The third kappa shape index (κ3) is 2.40. The summed E-state index contributed by atoms with van der Waals surface area (Å²) < 4.78 is 0. The van der Waals surface area contributed by atoms with E-state index in [1.54, 1.807) is 0 Å². The van der Waals surface area contributed by atoms with E-state index in [1.165, 1.54) is 0 Å². The summed E-state index contributed by atoms with van der Waals surface area (Å²) in [6, 6.07) is 17.8. The lowest BCUT2D eigenvalue weighted by Gasteiger charge is -2.06. The van der Waals surface area contributed by atoms with Crippen LogP contribution in [-0.2, 0) is 0 Å². The molecule has 3 aromatic rings. The molecule has 0 aliphatic rings. The molecule has 2 N–H and O–H groups in total. The molecule has 0 fully saturated rings. The molecular weight excluding hydrogens is 277 g/mol. The van der Waals surface area contributed by atoms with E-state index < -0.39 is 0 Å². The Morgan fingerprint density at radius 1 is 0.632 bits per heavy atom. The van der Waals surface area contributed by atoms with Gasteiger partial charge >= 0.3 is 0 Å². The van der Waals surface area contributed by atoms with Gasteiger partial charge in [-0.2, -0.15) is 0 Å². The van der Waals surface area contributed by atoms with Crippen LogP contribution in [0.1, 0.15) is 0 Å². The molecule has 3 aromatic carbocycles. The Morgan fingerprint density at radius 2 is 1.26 bits per heavy atom. The summed E-state index contributed by atoms with van der Waals surface area (Å²) in [6.45, 7) is 0. The molecule has 0 atom stereocenters. The van der Waals surface area contributed by atoms with Crippen molar-refractivity contribution in [3.8, 4) is 11.1 Å². The monoisotopic (exact) mass is 287 g/mol. The van der Waals surface area contributed by atoms with Crippen molar-refractivity contribution in [1.29, 1.82) is 0 Å². The van der Waals surface area contributed by atoms with E-state index in [9.17, 15) is 0 Å². The Labute approximate surface area is 121 Å². The molecule has 94 valence electrons. The van der Waals surface area contributed by atoms with Gasteiger partial charge in [0.2, 0.25) is 0 Å². The zero-order valence-electron chi connectivity index (χ0n) is 10.0. The van der Waals surface area contributed by atoms with Gasteiger partial charge in [0.15, 0.2) is 0 Å². The fourth-order valence-corrected chi connectivity index (χ4v) is 2.42. The summed E-state index contributed by atoms with van der Waals surface area (Å²) in [5.74, 6) is 0. The molecule has 1 nitrogen and oxygen atoms in total. The zero-order valence-corrected chi connectivity index (χ0v) is 11.5. The number of nitrogen functional groups attached to an aromatic ring is 1. The number of benzene rings is 3. The zero-order chi connectivity index (χ0) is 13.4. The van der Waals surface area contributed by atoms with Crippen LogP contribution in [-0.4, -0.2) is 0 Å². The summed E-state index contributed by atoms with van der Waals surface area (Å²) in [5.41, 5.74) is 8.71. The van der Waals surface area contributed by atoms with Crippen molar-refractivity contribution in [2.75, 3.05) is 5.73 Å². The first-order valence-electron chi connectivity index (χ1n) is 5.88. The Morgan fingerprint density at radius 3 is 2.05 bits per heavy atom. The third-order valence-corrected chi connectivity index (χ3v) is 3.86. The predicted molar refractivity (Wildman–Crippen MR) is 83.8 cm³/mol. The van der Waals surface area contributed by atoms with Crippen LogP contribution in [0, 0.1) is 0 Å². The molecule has 0 radical (unpaired) electrons. The van der Waals surface area contributed by atoms with Gasteiger partial charge in [-0.25, -0.2) is 0 Å². The van der Waals surface area contributed by atoms with Crippen molar-refractivity contribution in [2.24, 2.45) is 0 Å². The highest BCUT2D eigenvalue weighted by Crippen LogP contribution is 2.30. The van der Waals surface area contributed by atoms with Crippen molar-refractivity contribution in [1.82, 2.24) is 0 Å². The van der Waals surface area contributed by atoms with Gasteiger partial charge in [-0.15, -0.1) is 0 Å². The van der Waals surface area contributed by atoms with Crippen LogP contribution in [0.3, 0.4) is 0 Å². The lowest BCUT2D eigenvalue weighted by molar-refractivity contribution is 1.64. The lowest BCUT2D eigenvalue weighted by atomic mass is 10.0. The normalized spacial score (nSPS) is 10.8. The highest BCUT2D eigenvalue weighted by atomic mass is 35.5. The Kier molecular flexibility index (Phi) is 3.09. The molecule has 3 rings (SSSR count). The maximum Gasteiger partial charge on any atom is 0.0598 e. The third-order valence-electron chi connectivity index (χ3n) is 3.12. The number of hydrogen-bond donors (Lipinski definition) is 1. The Bertz CT molecular complexity index is 766. The number of rotatable bonds is 1. The van der Waals surface area contributed by atoms with Gasteiger partial charge in [-0.05, 0) is 52.2 Å². The number of fused-ring (bicyclic) bond motifs is 1. The molecule has 0 aliphatic carbocycles. The molecule has 0 aliphatic heterocycles. The highest BCUT2D eigenvalue weighted by Gasteiger charge is 2.03. The first-order chi connectivity index (χ1) is 9.13. The molecule has 0 unspecified atom stereocenters. The second-order valence-corrected chi connectivity index (χ2v) is 5.26. The molecule has 19 heavy (non-hydrogen) atoms. The molecule has 0 saturated carbocycles. The Balaban J connectivity index is 2.14. The van der Waals surface area contributed by atoms with Crippen LogP contribution in [0.25, 0.3) is 21.9 Å². The van der Waals surface area contributed by atoms with Gasteiger partial charge in [0.05, 0.1) is 10.0 Å². The van der Waals surface area contributed by atoms with E-state index in [4.69, 9.17) is 28.9 Å². The fraction of sp³-hybridized carbons (Fsp3) is 0. The first kappa shape index (κ1) is 12.3. The predicted octanol–water partition coefficient (Wildman–Crippen LogP) is 5.40. The number of halogens is 2. The summed E-state index contributed by atoms with van der Waals surface area (Å²) in [5, 5.41) is 3.41. The van der Waals surface area contributed by atoms with Crippen molar-refractivity contribution in [2.45, 2.75) is 0 Å². The molecule has 0 bridgehead atoms. The van der Waals surface area contributed by atoms with Crippen LogP contribution in [0.4, 0.5) is 5.69 Å². The fourth-order valence-electron chi connectivity index (χ4n) is 2.12. The number of nitrogens with two attached hydrogens (primary N) is 1. The quantitative estimate of drug-likeness (QED) is 0.596. The molecule has 0 saturated heterocycles. The summed E-state index contributed by atoms with van der Waals surface area (Å²) in [7, 11) is 0. The average Bonchev–Trinajstić information content (AvgIpc) is 2.41. The van der Waals surface area contributed by atoms with Crippen molar-refractivity contribution < 1.29 is 0 Å². The molecule has 3 heteroatoms. The van der Waals surface area contributed by atoms with Crippen LogP contribution >= 0.6 is 23.2 Å². The smallest absolute Gasteiger partial charge is 0.0598 e. The molecule has 0 spiro atoms. The summed E-state index contributed by atoms with van der Waals surface area (Å²) in [6.07, 6.45) is 0. The maximum atomic E-state index is 6.05. The van der Waals surface area contributed by atoms with Crippen LogP contribution in [0.2, 0.25) is 10.0 Å². The second-order valence-electron chi connectivity index (χ2n) is 4.45. The summed E-state index contributed by atoms with van der Waals surface area (Å²) in [4.78, 5) is 0. The van der Waals surface area contributed by atoms with Gasteiger partial charge < -0.3 is 5.73 Å². The lowest BCUT2D eigenvalue weighted by Crippen LogP contribution is -1.84. The van der Waals surface area contributed by atoms with Crippen LogP contribution < -0.4 is 5.73 Å². The average molecular weight is 288 g/mol. The minimum Gasteiger partial charge on any atom is -0.399 e. The summed E-state index contributed by atoms with van der Waals surface area (Å²) >= 11 is 12.0. The molecule has 0 amide bonds. The van der Waals surface area contributed by atoms with Crippen molar-refractivity contribution in [3.63, 3.8) is 0 Å². The van der Waals surface area contributed by atoms with E-state index in [1.807, 2.05) is 36.4 Å². The Hall–Kier alpha value is -1.70. The SMILES string of the molecule is Nc1ccc2cc(-c3ccc(Cl)c(Cl)c3)ccc2c1. The first-order valence-corrected chi connectivity index (χ1v) is 6.64. The van der Waals surface area contributed by atoms with Crippen LogP contribution in [0.5, 0.6) is 0 Å². The van der Waals surface area contributed by atoms with Gasteiger partial charge in [0.1, 0.15) is 0 Å². The molecule has 0 heterocycles. The molecule has 0 aromatic heterocycles. The van der Waals surface area contributed by atoms with E-state index in [0.717, 1.165) is 27.6 Å². The van der Waals surface area contributed by atoms with Gasteiger partial charge in [-0.3, -0.25) is 0 Å².